The molecule has 0 spiro atoms. The highest BCUT2D eigenvalue weighted by atomic mass is 35.5. The number of rotatable bonds is 5. The smallest absolute Gasteiger partial charge is 0.260 e. The number of H-pyrrole nitrogens is 1. The second kappa shape index (κ2) is 7.94. The van der Waals surface area contributed by atoms with Crippen LogP contribution in [0.5, 0.6) is 11.5 Å². The van der Waals surface area contributed by atoms with Crippen LogP contribution in [-0.4, -0.2) is 41.3 Å². The lowest BCUT2D eigenvalue weighted by Crippen LogP contribution is -2.38. The standard InChI is InChI=1S/C21H20ClN3O3/c1-27-18-7-2-3-8-19(18)28-13-20(26)25-10-9-17-16(12-25)21(24-23-17)14-5-4-6-15(22)11-14/h2-8,11H,9-10,12-13H2,1H3,(H,23,24). The summed E-state index contributed by atoms with van der Waals surface area (Å²) in [4.78, 5) is 14.5. The van der Waals surface area contributed by atoms with E-state index in [4.69, 9.17) is 21.1 Å². The maximum atomic E-state index is 12.7. The molecule has 0 fully saturated rings. The molecule has 1 aliphatic heterocycles. The van der Waals surface area contributed by atoms with Gasteiger partial charge in [-0.3, -0.25) is 9.89 Å². The number of nitrogens with one attached hydrogen (secondary N) is 1. The van der Waals surface area contributed by atoms with E-state index in [0.717, 1.165) is 28.9 Å². The topological polar surface area (TPSA) is 67.5 Å². The summed E-state index contributed by atoms with van der Waals surface area (Å²) in [7, 11) is 1.58. The third-order valence-corrected chi connectivity index (χ3v) is 5.04. The minimum Gasteiger partial charge on any atom is -0.493 e. The number of ether oxygens (including phenoxy) is 2. The molecule has 4 rings (SSSR count). The van der Waals surface area contributed by atoms with Gasteiger partial charge in [-0.2, -0.15) is 5.10 Å². The molecule has 0 radical (unpaired) electrons. The number of methoxy groups -OCH3 is 1. The van der Waals surface area contributed by atoms with Crippen molar-refractivity contribution in [1.82, 2.24) is 15.1 Å². The Morgan fingerprint density at radius 1 is 1.21 bits per heavy atom. The van der Waals surface area contributed by atoms with Gasteiger partial charge in [0.1, 0.15) is 0 Å². The first kappa shape index (κ1) is 18.4. The summed E-state index contributed by atoms with van der Waals surface area (Å²) >= 11 is 6.12. The number of nitrogens with zero attached hydrogens (tertiary/aromatic N) is 2. The highest BCUT2D eigenvalue weighted by Crippen LogP contribution is 2.30. The first-order valence-electron chi connectivity index (χ1n) is 9.01. The average molecular weight is 398 g/mol. The number of benzene rings is 2. The van der Waals surface area contributed by atoms with Crippen molar-refractivity contribution in [3.8, 4) is 22.8 Å². The van der Waals surface area contributed by atoms with Crippen LogP contribution >= 0.6 is 11.6 Å². The van der Waals surface area contributed by atoms with Gasteiger partial charge in [0.2, 0.25) is 0 Å². The maximum absolute atomic E-state index is 12.7. The molecule has 7 heteroatoms. The van der Waals surface area contributed by atoms with Gasteiger partial charge in [-0.25, -0.2) is 0 Å². The third-order valence-electron chi connectivity index (χ3n) is 4.80. The van der Waals surface area contributed by atoms with Crippen molar-refractivity contribution in [2.45, 2.75) is 13.0 Å². The molecule has 28 heavy (non-hydrogen) atoms. The van der Waals surface area contributed by atoms with Crippen LogP contribution in [0.25, 0.3) is 11.3 Å². The Balaban J connectivity index is 1.48. The van der Waals surface area contributed by atoms with Gasteiger partial charge in [-0.1, -0.05) is 35.9 Å². The van der Waals surface area contributed by atoms with Crippen molar-refractivity contribution in [3.05, 3.63) is 64.8 Å². The van der Waals surface area contributed by atoms with E-state index in [9.17, 15) is 4.79 Å². The van der Waals surface area contributed by atoms with E-state index in [1.54, 1.807) is 24.1 Å². The molecule has 0 saturated heterocycles. The summed E-state index contributed by atoms with van der Waals surface area (Å²) in [5.74, 6) is 1.09. The fourth-order valence-electron chi connectivity index (χ4n) is 3.35. The molecule has 1 amide bonds. The second-order valence-corrected chi connectivity index (χ2v) is 6.98. The lowest BCUT2D eigenvalue weighted by atomic mass is 10.0. The largest absolute Gasteiger partial charge is 0.493 e. The lowest BCUT2D eigenvalue weighted by molar-refractivity contribution is -0.134. The summed E-state index contributed by atoms with van der Waals surface area (Å²) in [6, 6.07) is 14.9. The number of aromatic amines is 1. The lowest BCUT2D eigenvalue weighted by Gasteiger charge is -2.27. The fraction of sp³-hybridized carbons (Fsp3) is 0.238. The van der Waals surface area contributed by atoms with Crippen LogP contribution in [-0.2, 0) is 17.8 Å². The number of aromatic nitrogens is 2. The summed E-state index contributed by atoms with van der Waals surface area (Å²) in [5, 5.41) is 8.20. The van der Waals surface area contributed by atoms with E-state index in [2.05, 4.69) is 10.2 Å². The number of hydrogen-bond acceptors (Lipinski definition) is 4. The maximum Gasteiger partial charge on any atom is 0.260 e. The van der Waals surface area contributed by atoms with Crippen LogP contribution in [0, 0.1) is 0 Å². The predicted molar refractivity (Wildman–Crippen MR) is 107 cm³/mol. The van der Waals surface area contributed by atoms with Gasteiger partial charge in [0, 0.05) is 41.4 Å². The molecular weight excluding hydrogens is 378 g/mol. The Morgan fingerprint density at radius 2 is 2.04 bits per heavy atom. The van der Waals surface area contributed by atoms with Gasteiger partial charge in [-0.05, 0) is 24.3 Å². The number of hydrogen-bond donors (Lipinski definition) is 1. The zero-order valence-electron chi connectivity index (χ0n) is 15.4. The second-order valence-electron chi connectivity index (χ2n) is 6.54. The zero-order valence-corrected chi connectivity index (χ0v) is 16.2. The van der Waals surface area contributed by atoms with Crippen molar-refractivity contribution >= 4 is 17.5 Å². The Labute approximate surface area is 168 Å². The van der Waals surface area contributed by atoms with Crippen molar-refractivity contribution in [2.75, 3.05) is 20.3 Å². The van der Waals surface area contributed by atoms with Crippen molar-refractivity contribution in [3.63, 3.8) is 0 Å². The van der Waals surface area contributed by atoms with Crippen molar-refractivity contribution in [2.24, 2.45) is 0 Å². The Morgan fingerprint density at radius 3 is 2.82 bits per heavy atom. The molecule has 1 aromatic heterocycles. The molecule has 144 valence electrons. The molecule has 0 unspecified atom stereocenters. The van der Waals surface area contributed by atoms with Crippen LogP contribution in [0.2, 0.25) is 5.02 Å². The van der Waals surface area contributed by atoms with Crippen LogP contribution in [0.1, 0.15) is 11.3 Å². The number of para-hydroxylation sites is 2. The molecule has 2 heterocycles. The first-order chi connectivity index (χ1) is 13.7. The van der Waals surface area contributed by atoms with Crippen LogP contribution in [0.15, 0.2) is 48.5 Å². The monoisotopic (exact) mass is 397 g/mol. The molecule has 1 aliphatic rings. The van der Waals surface area contributed by atoms with Crippen LogP contribution < -0.4 is 9.47 Å². The quantitative estimate of drug-likeness (QED) is 0.712. The highest BCUT2D eigenvalue weighted by molar-refractivity contribution is 6.30. The van der Waals surface area contributed by atoms with E-state index in [1.165, 1.54) is 0 Å². The molecule has 0 aliphatic carbocycles. The van der Waals surface area contributed by atoms with Gasteiger partial charge < -0.3 is 14.4 Å². The van der Waals surface area contributed by atoms with Gasteiger partial charge in [0.05, 0.1) is 12.8 Å². The normalized spacial score (nSPS) is 13.1. The van der Waals surface area contributed by atoms with Crippen LogP contribution in [0.4, 0.5) is 0 Å². The first-order valence-corrected chi connectivity index (χ1v) is 9.39. The van der Waals surface area contributed by atoms with E-state index >= 15 is 0 Å². The van der Waals surface area contributed by atoms with E-state index in [0.29, 0.717) is 29.6 Å². The Hall–Kier alpha value is -2.99. The average Bonchev–Trinajstić information content (AvgIpc) is 3.15. The van der Waals surface area contributed by atoms with E-state index < -0.39 is 0 Å². The fourth-order valence-corrected chi connectivity index (χ4v) is 3.54. The van der Waals surface area contributed by atoms with E-state index in [-0.39, 0.29) is 12.5 Å². The molecule has 0 saturated carbocycles. The molecule has 2 aromatic carbocycles. The molecular formula is C21H20ClN3O3. The summed E-state index contributed by atoms with van der Waals surface area (Å²) in [6.45, 7) is 1.07. The summed E-state index contributed by atoms with van der Waals surface area (Å²) in [6.07, 6.45) is 0.725. The predicted octanol–water partition coefficient (Wildman–Crippen LogP) is 3.70. The number of carbonyl (C=O) groups excluding carboxylic acids is 1. The van der Waals surface area contributed by atoms with Crippen LogP contribution in [0.3, 0.4) is 0 Å². The molecule has 3 aromatic rings. The zero-order chi connectivity index (χ0) is 19.5. The highest BCUT2D eigenvalue weighted by Gasteiger charge is 2.26. The van der Waals surface area contributed by atoms with Gasteiger partial charge in [0.15, 0.2) is 18.1 Å². The number of amides is 1. The molecule has 0 atom stereocenters. The van der Waals surface area contributed by atoms with Gasteiger partial charge in [0.25, 0.3) is 5.91 Å². The SMILES string of the molecule is COc1ccccc1OCC(=O)N1CCc2[nH]nc(-c3cccc(Cl)c3)c2C1. The summed E-state index contributed by atoms with van der Waals surface area (Å²) in [5.41, 5.74) is 3.86. The molecule has 1 N–H and O–H groups in total. The third kappa shape index (κ3) is 3.68. The number of fused-ring (bicyclic) bond motifs is 1. The minimum absolute atomic E-state index is 0.0416. The van der Waals surface area contributed by atoms with E-state index in [1.807, 2.05) is 36.4 Å². The minimum atomic E-state index is -0.0743. The van der Waals surface area contributed by atoms with Crippen molar-refractivity contribution < 1.29 is 14.3 Å². The summed E-state index contributed by atoms with van der Waals surface area (Å²) < 4.78 is 10.9. The number of halogens is 1. The molecule has 6 nitrogen and oxygen atoms in total. The Kier molecular flexibility index (Phi) is 5.21. The molecule has 0 bridgehead atoms. The van der Waals surface area contributed by atoms with Gasteiger partial charge in [-0.15, -0.1) is 0 Å². The Bertz CT molecular complexity index is 1000. The number of carbonyl (C=O) groups is 1. The van der Waals surface area contributed by atoms with Gasteiger partial charge >= 0.3 is 0 Å². The van der Waals surface area contributed by atoms with Crippen molar-refractivity contribution in [1.29, 1.82) is 0 Å².